The molecule has 3 aliphatic rings. The number of nitrogens with one attached hydrogen (secondary N) is 1. The van der Waals surface area contributed by atoms with Gasteiger partial charge in [-0.2, -0.15) is 0 Å². The van der Waals surface area contributed by atoms with Gasteiger partial charge in [-0.25, -0.2) is 0 Å². The Labute approximate surface area is 132 Å². The highest BCUT2D eigenvalue weighted by Gasteiger charge is 2.57. The van der Waals surface area contributed by atoms with Crippen molar-refractivity contribution in [3.05, 3.63) is 0 Å². The van der Waals surface area contributed by atoms with Crippen LogP contribution in [-0.2, 0) is 19.1 Å². The molecule has 2 heterocycles. The minimum absolute atomic E-state index is 0.135. The van der Waals surface area contributed by atoms with Crippen molar-refractivity contribution in [1.29, 1.82) is 0 Å². The first-order valence-corrected chi connectivity index (χ1v) is 8.17. The second-order valence-electron chi connectivity index (χ2n) is 6.73. The molecule has 6 heteroatoms. The van der Waals surface area contributed by atoms with Crippen LogP contribution >= 0.6 is 22.6 Å². The Morgan fingerprint density at radius 3 is 2.85 bits per heavy atom. The molecule has 3 rings (SSSR count). The molecule has 1 aliphatic carbocycles. The van der Waals surface area contributed by atoms with E-state index < -0.39 is 15.1 Å². The van der Waals surface area contributed by atoms with E-state index in [0.29, 0.717) is 0 Å². The molecule has 5 nitrogen and oxygen atoms in total. The third kappa shape index (κ3) is 2.15. The van der Waals surface area contributed by atoms with Crippen molar-refractivity contribution in [1.82, 2.24) is 5.32 Å². The number of rotatable bonds is 3. The normalized spacial score (nSPS) is 45.5. The fourth-order valence-electron chi connectivity index (χ4n) is 3.30. The van der Waals surface area contributed by atoms with Gasteiger partial charge in [0.1, 0.15) is 3.42 Å². The van der Waals surface area contributed by atoms with Crippen molar-refractivity contribution < 1.29 is 19.1 Å². The average Bonchev–Trinajstić information content (AvgIpc) is 3.16. The number of esters is 2. The Morgan fingerprint density at radius 1 is 1.60 bits per heavy atom. The number of alkyl halides is 1. The smallest absolute Gasteiger partial charge is 0.326 e. The van der Waals surface area contributed by atoms with Crippen LogP contribution in [0, 0.1) is 17.3 Å². The highest BCUT2D eigenvalue weighted by molar-refractivity contribution is 14.1. The molecule has 6 atom stereocenters. The second kappa shape index (κ2) is 4.56. The predicted octanol–water partition coefficient (Wildman–Crippen LogP) is 1.63. The number of cyclic esters (lactones) is 1. The number of carbonyl (C=O) groups excluding carboxylic acids is 2. The molecule has 112 valence electrons. The summed E-state index contributed by atoms with van der Waals surface area (Å²) in [5.74, 6) is -0.110. The summed E-state index contributed by atoms with van der Waals surface area (Å²) in [6.45, 7) is 6.71. The van der Waals surface area contributed by atoms with Gasteiger partial charge in [-0.05, 0) is 32.6 Å². The third-order valence-electron chi connectivity index (χ3n) is 5.19. The Balaban J connectivity index is 1.70. The first-order valence-electron chi connectivity index (χ1n) is 7.09. The van der Waals surface area contributed by atoms with Gasteiger partial charge in [0.05, 0.1) is 5.41 Å². The average molecular weight is 393 g/mol. The van der Waals surface area contributed by atoms with E-state index in [1.54, 1.807) is 0 Å². The van der Waals surface area contributed by atoms with Crippen molar-refractivity contribution >= 4 is 34.5 Å². The van der Waals surface area contributed by atoms with Crippen LogP contribution in [0.25, 0.3) is 0 Å². The molecule has 20 heavy (non-hydrogen) atoms. The van der Waals surface area contributed by atoms with E-state index in [-0.39, 0.29) is 29.8 Å². The second-order valence-corrected chi connectivity index (χ2v) is 8.97. The van der Waals surface area contributed by atoms with E-state index >= 15 is 0 Å². The molecule has 0 aromatic rings. The maximum Gasteiger partial charge on any atom is 0.326 e. The molecule has 2 aliphatic heterocycles. The van der Waals surface area contributed by atoms with Gasteiger partial charge in [0.2, 0.25) is 6.29 Å². The Kier molecular flexibility index (Phi) is 3.32. The molecule has 0 aromatic heterocycles. The van der Waals surface area contributed by atoms with E-state index in [9.17, 15) is 9.59 Å². The molecule has 1 N–H and O–H groups in total. The van der Waals surface area contributed by atoms with Gasteiger partial charge >= 0.3 is 11.9 Å². The summed E-state index contributed by atoms with van der Waals surface area (Å²) in [6.07, 6.45) is 0.922. The molecule has 3 fully saturated rings. The predicted molar refractivity (Wildman–Crippen MR) is 80.2 cm³/mol. The fourth-order valence-corrected chi connectivity index (χ4v) is 3.86. The molecular weight excluding hydrogens is 373 g/mol. The lowest BCUT2D eigenvalue weighted by atomic mass is 9.80. The Hall–Kier alpha value is -0.370. The molecule has 0 aromatic carbocycles. The highest BCUT2D eigenvalue weighted by atomic mass is 127. The summed E-state index contributed by atoms with van der Waals surface area (Å²) in [5.41, 5.74) is -0.404. The summed E-state index contributed by atoms with van der Waals surface area (Å²) in [6, 6.07) is 0.155. The first kappa shape index (κ1) is 14.6. The summed E-state index contributed by atoms with van der Waals surface area (Å²) in [7, 11) is 0. The van der Waals surface area contributed by atoms with E-state index in [0.717, 1.165) is 19.4 Å². The van der Waals surface area contributed by atoms with Crippen LogP contribution in [-0.4, -0.2) is 34.2 Å². The summed E-state index contributed by atoms with van der Waals surface area (Å²) in [5, 5.41) is 3.13. The molecule has 1 saturated carbocycles. The van der Waals surface area contributed by atoms with Crippen LogP contribution in [0.4, 0.5) is 0 Å². The Morgan fingerprint density at radius 2 is 2.25 bits per heavy atom. The Bertz CT molecular complexity index is 462. The van der Waals surface area contributed by atoms with Gasteiger partial charge in [-0.1, -0.05) is 29.5 Å². The SMILES string of the molecule is CC1CC2CC1(C)C(=O)OC2OC(=O)C(C)(I)C1CN1. The lowest BCUT2D eigenvalue weighted by Gasteiger charge is -2.35. The standard InChI is InChI=1S/C14H20INO4/c1-7-4-8-5-13(7,2)11(17)19-10(8)20-12(18)14(3,15)9-6-16-9/h7-10,16H,4-6H2,1-3H3. The van der Waals surface area contributed by atoms with Crippen LogP contribution < -0.4 is 5.32 Å². The number of carbonyl (C=O) groups is 2. The third-order valence-corrected chi connectivity index (χ3v) is 6.38. The maximum absolute atomic E-state index is 12.3. The minimum atomic E-state index is -0.708. The molecule has 6 unspecified atom stereocenters. The monoisotopic (exact) mass is 393 g/mol. The number of fused-ring (bicyclic) bond motifs is 2. The maximum atomic E-state index is 12.3. The summed E-state index contributed by atoms with van der Waals surface area (Å²) in [4.78, 5) is 24.4. The van der Waals surface area contributed by atoms with Crippen molar-refractivity contribution in [3.63, 3.8) is 0 Å². The highest BCUT2D eigenvalue weighted by Crippen LogP contribution is 2.52. The topological polar surface area (TPSA) is 74.5 Å². The zero-order valence-electron chi connectivity index (χ0n) is 11.9. The van der Waals surface area contributed by atoms with Crippen LogP contribution in [0.15, 0.2) is 0 Å². The van der Waals surface area contributed by atoms with Crippen LogP contribution in [0.2, 0.25) is 0 Å². The van der Waals surface area contributed by atoms with Crippen molar-refractivity contribution in [2.75, 3.05) is 6.54 Å². The largest absolute Gasteiger partial charge is 0.424 e. The number of ether oxygens (including phenoxy) is 2. The zero-order chi connectivity index (χ0) is 14.7. The van der Waals surface area contributed by atoms with Crippen molar-refractivity contribution in [2.24, 2.45) is 17.3 Å². The summed E-state index contributed by atoms with van der Waals surface area (Å²) >= 11 is 2.11. The number of halogens is 1. The molecule has 2 bridgehead atoms. The molecular formula is C14H20INO4. The van der Waals surface area contributed by atoms with Crippen molar-refractivity contribution in [2.45, 2.75) is 49.4 Å². The first-order chi connectivity index (χ1) is 9.25. The van der Waals surface area contributed by atoms with Gasteiger partial charge in [-0.3, -0.25) is 9.59 Å². The lowest BCUT2D eigenvalue weighted by molar-refractivity contribution is -0.214. The molecule has 2 saturated heterocycles. The molecule has 0 radical (unpaired) electrons. The lowest BCUT2D eigenvalue weighted by Crippen LogP contribution is -2.46. The van der Waals surface area contributed by atoms with E-state index in [4.69, 9.17) is 9.47 Å². The van der Waals surface area contributed by atoms with Gasteiger partial charge in [0, 0.05) is 18.5 Å². The zero-order valence-corrected chi connectivity index (χ0v) is 14.1. The van der Waals surface area contributed by atoms with Crippen LogP contribution in [0.3, 0.4) is 0 Å². The van der Waals surface area contributed by atoms with Crippen molar-refractivity contribution in [3.8, 4) is 0 Å². The van der Waals surface area contributed by atoms with Gasteiger partial charge < -0.3 is 14.8 Å². The number of hydrogen-bond donors (Lipinski definition) is 1. The van der Waals surface area contributed by atoms with E-state index in [1.165, 1.54) is 0 Å². The fraction of sp³-hybridized carbons (Fsp3) is 0.857. The van der Waals surface area contributed by atoms with Gasteiger partial charge in [0.15, 0.2) is 0 Å². The summed E-state index contributed by atoms with van der Waals surface area (Å²) < 4.78 is 10.3. The molecule has 0 amide bonds. The van der Waals surface area contributed by atoms with E-state index in [2.05, 4.69) is 34.8 Å². The quantitative estimate of drug-likeness (QED) is 0.342. The minimum Gasteiger partial charge on any atom is -0.424 e. The number of hydrogen-bond acceptors (Lipinski definition) is 5. The van der Waals surface area contributed by atoms with Crippen LogP contribution in [0.1, 0.15) is 33.6 Å². The molecule has 0 spiro atoms. The van der Waals surface area contributed by atoms with Gasteiger partial charge in [-0.15, -0.1) is 0 Å². The van der Waals surface area contributed by atoms with Gasteiger partial charge in [0.25, 0.3) is 0 Å². The van der Waals surface area contributed by atoms with Crippen LogP contribution in [0.5, 0.6) is 0 Å². The van der Waals surface area contributed by atoms with E-state index in [1.807, 2.05) is 13.8 Å².